The third-order valence-electron chi connectivity index (χ3n) is 7.73. The molecule has 0 radical (unpaired) electrons. The first-order valence-corrected chi connectivity index (χ1v) is 14.2. The molecule has 39 heavy (non-hydrogen) atoms. The Morgan fingerprint density at radius 2 is 1.38 bits per heavy atom. The Morgan fingerprint density at radius 3 is 2.00 bits per heavy atom. The molecule has 5 rings (SSSR count). The summed E-state index contributed by atoms with van der Waals surface area (Å²) >= 11 is 0. The minimum absolute atomic E-state index is 0.217. The molecule has 3 aliphatic rings. The maximum absolute atomic E-state index is 12.6. The average Bonchev–Trinajstić information content (AvgIpc) is 3.71. The summed E-state index contributed by atoms with van der Waals surface area (Å²) in [5.74, 6) is 2.11. The summed E-state index contributed by atoms with van der Waals surface area (Å²) < 4.78 is 34.5. The van der Waals surface area contributed by atoms with Crippen LogP contribution < -0.4 is 14.2 Å². The lowest BCUT2D eigenvalue weighted by molar-refractivity contribution is -0.0870. The molecule has 0 amide bonds. The lowest BCUT2D eigenvalue weighted by atomic mass is 9.88. The number of fused-ring (bicyclic) bond motifs is 1. The maximum Gasteiger partial charge on any atom is 0.343 e. The van der Waals surface area contributed by atoms with Crippen molar-refractivity contribution in [2.45, 2.75) is 89.7 Å². The van der Waals surface area contributed by atoms with Crippen LogP contribution in [0.5, 0.6) is 17.2 Å². The number of epoxide rings is 1. The lowest BCUT2D eigenvalue weighted by Crippen LogP contribution is -2.26. The standard InChI is InChI=1S/C31H40O8/c1-20(34-18-22-4-3-5-25(32)16-22)37-27-11-13-28(14-12-27)38-31(33)24-7-9-26(10-8-24)36-21(2)35-19-23-6-15-29-30(17-23)39-29/h7-14,20-23,25,29-30,32H,3-6,15-19H2,1-2H3. The highest BCUT2D eigenvalue weighted by atomic mass is 16.7. The summed E-state index contributed by atoms with van der Waals surface area (Å²) in [6.45, 7) is 4.96. The van der Waals surface area contributed by atoms with Crippen LogP contribution >= 0.6 is 0 Å². The SMILES string of the molecule is CC(OCC1CCCC(O)C1)Oc1ccc(OC(=O)c2ccc(OC(C)OCC3CCC4OC4C3)cc2)cc1. The molecule has 1 N–H and O–H groups in total. The van der Waals surface area contributed by atoms with E-state index in [0.29, 0.717) is 60.1 Å². The van der Waals surface area contributed by atoms with Crippen molar-refractivity contribution in [1.82, 2.24) is 0 Å². The fraction of sp³-hybridized carbons (Fsp3) is 0.581. The number of carbonyl (C=O) groups excluding carboxylic acids is 1. The van der Waals surface area contributed by atoms with Crippen LogP contribution in [0.15, 0.2) is 48.5 Å². The number of rotatable bonds is 12. The molecule has 0 bridgehead atoms. The number of aliphatic hydroxyl groups is 1. The average molecular weight is 541 g/mol. The molecule has 2 aromatic carbocycles. The van der Waals surface area contributed by atoms with Gasteiger partial charge < -0.3 is 33.5 Å². The molecule has 8 heteroatoms. The van der Waals surface area contributed by atoms with Gasteiger partial charge in [0.2, 0.25) is 0 Å². The predicted molar refractivity (Wildman–Crippen MR) is 144 cm³/mol. The number of carbonyl (C=O) groups is 1. The normalized spacial score (nSPS) is 27.6. The van der Waals surface area contributed by atoms with Gasteiger partial charge in [0.05, 0.1) is 37.1 Å². The van der Waals surface area contributed by atoms with Crippen LogP contribution in [0.4, 0.5) is 0 Å². The second-order valence-electron chi connectivity index (χ2n) is 11.0. The minimum Gasteiger partial charge on any atom is -0.465 e. The number of hydrogen-bond donors (Lipinski definition) is 1. The topological polar surface area (TPSA) is 96.0 Å². The Balaban J connectivity index is 1.01. The summed E-state index contributed by atoms with van der Waals surface area (Å²) in [4.78, 5) is 12.6. The molecule has 1 saturated heterocycles. The quantitative estimate of drug-likeness (QED) is 0.163. The van der Waals surface area contributed by atoms with Crippen LogP contribution in [0.3, 0.4) is 0 Å². The molecule has 2 aromatic rings. The van der Waals surface area contributed by atoms with Gasteiger partial charge in [0.25, 0.3) is 0 Å². The highest BCUT2D eigenvalue weighted by Crippen LogP contribution is 2.39. The Hall–Kier alpha value is -2.65. The van der Waals surface area contributed by atoms with E-state index in [1.807, 2.05) is 13.8 Å². The number of esters is 1. The zero-order valence-electron chi connectivity index (χ0n) is 22.8. The van der Waals surface area contributed by atoms with Gasteiger partial charge in [0.1, 0.15) is 17.2 Å². The lowest BCUT2D eigenvalue weighted by Gasteiger charge is -2.26. The van der Waals surface area contributed by atoms with Crippen LogP contribution in [-0.2, 0) is 14.2 Å². The van der Waals surface area contributed by atoms with E-state index in [2.05, 4.69) is 0 Å². The smallest absolute Gasteiger partial charge is 0.343 e. The minimum atomic E-state index is -0.455. The summed E-state index contributed by atoms with van der Waals surface area (Å²) in [6, 6.07) is 13.7. The molecular formula is C31H40O8. The van der Waals surface area contributed by atoms with Crippen molar-refractivity contribution in [3.8, 4) is 17.2 Å². The Morgan fingerprint density at radius 1 is 0.795 bits per heavy atom. The molecule has 2 saturated carbocycles. The molecule has 1 aliphatic heterocycles. The molecule has 0 spiro atoms. The second-order valence-corrected chi connectivity index (χ2v) is 11.0. The molecule has 0 aromatic heterocycles. The van der Waals surface area contributed by atoms with E-state index in [0.717, 1.165) is 44.9 Å². The first-order chi connectivity index (χ1) is 18.9. The van der Waals surface area contributed by atoms with Gasteiger partial charge in [-0.3, -0.25) is 0 Å². The number of ether oxygens (including phenoxy) is 6. The molecule has 7 unspecified atom stereocenters. The highest BCUT2D eigenvalue weighted by Gasteiger charge is 2.43. The maximum atomic E-state index is 12.6. The monoisotopic (exact) mass is 540 g/mol. The van der Waals surface area contributed by atoms with Gasteiger partial charge in [-0.1, -0.05) is 6.42 Å². The van der Waals surface area contributed by atoms with Crippen molar-refractivity contribution < 1.29 is 38.3 Å². The fourth-order valence-corrected chi connectivity index (χ4v) is 5.47. The van der Waals surface area contributed by atoms with Crippen LogP contribution in [0.25, 0.3) is 0 Å². The first-order valence-electron chi connectivity index (χ1n) is 14.2. The number of benzene rings is 2. The van der Waals surface area contributed by atoms with Crippen LogP contribution in [0.1, 0.15) is 69.2 Å². The van der Waals surface area contributed by atoms with Gasteiger partial charge >= 0.3 is 5.97 Å². The molecule has 1 heterocycles. The van der Waals surface area contributed by atoms with E-state index in [1.54, 1.807) is 48.5 Å². The van der Waals surface area contributed by atoms with Crippen molar-refractivity contribution in [2.24, 2.45) is 11.8 Å². The van der Waals surface area contributed by atoms with Gasteiger partial charge in [0.15, 0.2) is 12.6 Å². The van der Waals surface area contributed by atoms with Gasteiger partial charge in [0, 0.05) is 0 Å². The third-order valence-corrected chi connectivity index (χ3v) is 7.73. The fourth-order valence-electron chi connectivity index (χ4n) is 5.47. The molecule has 2 aliphatic carbocycles. The van der Waals surface area contributed by atoms with E-state index >= 15 is 0 Å². The van der Waals surface area contributed by atoms with Gasteiger partial charge in [-0.15, -0.1) is 0 Å². The van der Waals surface area contributed by atoms with E-state index < -0.39 is 12.3 Å². The summed E-state index contributed by atoms with van der Waals surface area (Å²) in [5, 5.41) is 9.81. The third kappa shape index (κ3) is 8.42. The van der Waals surface area contributed by atoms with Crippen LogP contribution in [0.2, 0.25) is 0 Å². The van der Waals surface area contributed by atoms with Crippen molar-refractivity contribution in [3.63, 3.8) is 0 Å². The van der Waals surface area contributed by atoms with E-state index in [-0.39, 0.29) is 12.4 Å². The summed E-state index contributed by atoms with van der Waals surface area (Å²) in [6.07, 6.45) is 7.04. The van der Waals surface area contributed by atoms with Gasteiger partial charge in [-0.05, 0) is 113 Å². The highest BCUT2D eigenvalue weighted by molar-refractivity contribution is 5.91. The summed E-state index contributed by atoms with van der Waals surface area (Å²) in [5.41, 5.74) is 0.423. The van der Waals surface area contributed by atoms with Crippen molar-refractivity contribution in [2.75, 3.05) is 13.2 Å². The van der Waals surface area contributed by atoms with Gasteiger partial charge in [-0.25, -0.2) is 4.79 Å². The van der Waals surface area contributed by atoms with Crippen molar-refractivity contribution >= 4 is 5.97 Å². The van der Waals surface area contributed by atoms with Crippen LogP contribution in [0, 0.1) is 11.8 Å². The summed E-state index contributed by atoms with van der Waals surface area (Å²) in [7, 11) is 0. The zero-order chi connectivity index (χ0) is 27.2. The molecule has 8 nitrogen and oxygen atoms in total. The van der Waals surface area contributed by atoms with Gasteiger partial charge in [-0.2, -0.15) is 0 Å². The molecule has 3 fully saturated rings. The Kier molecular flexibility index (Phi) is 9.40. The van der Waals surface area contributed by atoms with Crippen molar-refractivity contribution in [3.05, 3.63) is 54.1 Å². The Labute approximate surface area is 230 Å². The molecular weight excluding hydrogens is 500 g/mol. The van der Waals surface area contributed by atoms with E-state index in [4.69, 9.17) is 28.4 Å². The van der Waals surface area contributed by atoms with Crippen LogP contribution in [-0.4, -0.2) is 55.2 Å². The van der Waals surface area contributed by atoms with Crippen molar-refractivity contribution in [1.29, 1.82) is 0 Å². The van der Waals surface area contributed by atoms with E-state index in [1.165, 1.54) is 0 Å². The largest absolute Gasteiger partial charge is 0.465 e. The van der Waals surface area contributed by atoms with E-state index in [9.17, 15) is 9.90 Å². The molecule has 7 atom stereocenters. The number of aliphatic hydroxyl groups excluding tert-OH is 1. The zero-order valence-corrected chi connectivity index (χ0v) is 22.8. The number of hydrogen-bond acceptors (Lipinski definition) is 8. The predicted octanol–water partition coefficient (Wildman–Crippen LogP) is 5.51. The first kappa shape index (κ1) is 27.9. The Bertz CT molecular complexity index is 1060. The molecule has 212 valence electrons. The second kappa shape index (κ2) is 13.1.